The predicted molar refractivity (Wildman–Crippen MR) is 136 cm³/mol. The Morgan fingerprint density at radius 3 is 2.62 bits per heavy atom. The van der Waals surface area contributed by atoms with Gasteiger partial charge in [-0.1, -0.05) is 18.2 Å². The van der Waals surface area contributed by atoms with Crippen LogP contribution in [0.2, 0.25) is 0 Å². The zero-order valence-electron chi connectivity index (χ0n) is 20.5. The molecule has 1 amide bonds. The monoisotopic (exact) mass is 559 g/mol. The van der Waals surface area contributed by atoms with E-state index in [1.807, 2.05) is 0 Å². The normalized spacial score (nSPS) is 16.4. The average Bonchev–Trinajstić information content (AvgIpc) is 3.59. The minimum atomic E-state index is -4.42. The number of halogens is 3. The third-order valence-electron chi connectivity index (χ3n) is 6.32. The van der Waals surface area contributed by atoms with Crippen LogP contribution in [0.15, 0.2) is 82.4 Å². The van der Waals surface area contributed by atoms with Crippen LogP contribution >= 0.6 is 0 Å². The minimum Gasteiger partial charge on any atom is -0.484 e. The van der Waals surface area contributed by atoms with Gasteiger partial charge < -0.3 is 14.5 Å². The molecule has 0 unspecified atom stereocenters. The highest BCUT2D eigenvalue weighted by Crippen LogP contribution is 2.30. The number of hydrogen-bond acceptors (Lipinski definition) is 6. The molecule has 2 aromatic carbocycles. The molecule has 3 heterocycles. The molecule has 0 saturated carbocycles. The Kier molecular flexibility index (Phi) is 7.32. The van der Waals surface area contributed by atoms with Crippen molar-refractivity contribution in [2.24, 2.45) is 0 Å². The lowest BCUT2D eigenvalue weighted by molar-refractivity contribution is -0.153. The summed E-state index contributed by atoms with van der Waals surface area (Å²) in [6.45, 7) is -1.03. The summed E-state index contributed by atoms with van der Waals surface area (Å²) >= 11 is 0. The molecule has 1 N–H and O–H groups in total. The molecule has 2 aromatic heterocycles. The lowest BCUT2D eigenvalue weighted by Gasteiger charge is -2.22. The zero-order valence-corrected chi connectivity index (χ0v) is 21.3. The maximum atomic E-state index is 13.3. The molecule has 0 radical (unpaired) electrons. The Bertz CT molecular complexity index is 1550. The first-order chi connectivity index (χ1) is 18.6. The average molecular weight is 560 g/mol. The highest BCUT2D eigenvalue weighted by molar-refractivity contribution is 7.89. The van der Waals surface area contributed by atoms with E-state index >= 15 is 0 Å². The Morgan fingerprint density at radius 1 is 1.10 bits per heavy atom. The topological polar surface area (TPSA) is 102 Å². The van der Waals surface area contributed by atoms with E-state index < -0.39 is 34.8 Å². The fraction of sp³-hybridized carbons (Fsp3) is 0.259. The number of ether oxygens (including phenoxy) is 1. The van der Waals surface area contributed by atoms with Crippen LogP contribution in [0, 0.1) is 0 Å². The van der Waals surface area contributed by atoms with Gasteiger partial charge in [0, 0.05) is 36.3 Å². The number of furan rings is 1. The van der Waals surface area contributed by atoms with E-state index in [1.165, 1.54) is 22.5 Å². The number of hydrogen-bond donors (Lipinski definition) is 1. The smallest absolute Gasteiger partial charge is 0.422 e. The van der Waals surface area contributed by atoms with Crippen molar-refractivity contribution in [2.75, 3.05) is 13.2 Å². The highest BCUT2D eigenvalue weighted by atomic mass is 32.2. The zero-order chi connectivity index (χ0) is 27.6. The van der Waals surface area contributed by atoms with Crippen LogP contribution in [-0.4, -0.2) is 49.0 Å². The van der Waals surface area contributed by atoms with Crippen molar-refractivity contribution in [3.63, 3.8) is 0 Å². The van der Waals surface area contributed by atoms with Gasteiger partial charge in [0.25, 0.3) is 10.0 Å². The molecule has 1 aliphatic heterocycles. The summed E-state index contributed by atoms with van der Waals surface area (Å²) in [4.78, 5) is 17.3. The summed E-state index contributed by atoms with van der Waals surface area (Å²) in [5, 5.41) is 3.27. The van der Waals surface area contributed by atoms with Crippen molar-refractivity contribution in [3.05, 3.63) is 78.5 Å². The number of amides is 1. The lowest BCUT2D eigenvalue weighted by Crippen LogP contribution is -2.45. The van der Waals surface area contributed by atoms with Gasteiger partial charge >= 0.3 is 6.18 Å². The van der Waals surface area contributed by atoms with Gasteiger partial charge in [-0.05, 0) is 60.9 Å². The van der Waals surface area contributed by atoms with E-state index in [0.717, 1.165) is 5.56 Å². The molecular weight excluding hydrogens is 535 g/mol. The van der Waals surface area contributed by atoms with Crippen molar-refractivity contribution in [3.8, 4) is 17.0 Å². The fourth-order valence-electron chi connectivity index (χ4n) is 4.43. The van der Waals surface area contributed by atoms with Crippen molar-refractivity contribution in [2.45, 2.75) is 36.7 Å². The number of alkyl halides is 3. The Labute approximate surface area is 222 Å². The Hall–Kier alpha value is -3.90. The number of pyridine rings is 1. The summed E-state index contributed by atoms with van der Waals surface area (Å²) in [5.74, 6) is -0.338. The molecule has 5 rings (SSSR count). The first kappa shape index (κ1) is 26.7. The second-order valence-electron chi connectivity index (χ2n) is 9.07. The van der Waals surface area contributed by atoms with Crippen LogP contribution in [0.1, 0.15) is 18.4 Å². The van der Waals surface area contributed by atoms with Gasteiger partial charge in [0.15, 0.2) is 6.61 Å². The van der Waals surface area contributed by atoms with E-state index in [1.54, 1.807) is 54.7 Å². The Morgan fingerprint density at radius 2 is 1.87 bits per heavy atom. The van der Waals surface area contributed by atoms with E-state index in [9.17, 15) is 26.4 Å². The van der Waals surface area contributed by atoms with Crippen LogP contribution < -0.4 is 10.1 Å². The summed E-state index contributed by atoms with van der Waals surface area (Å²) < 4.78 is 75.1. The number of benzene rings is 2. The van der Waals surface area contributed by atoms with Gasteiger partial charge in [-0.3, -0.25) is 9.78 Å². The first-order valence-electron chi connectivity index (χ1n) is 12.1. The first-order valence-corrected chi connectivity index (χ1v) is 13.6. The van der Waals surface area contributed by atoms with Gasteiger partial charge in [0.05, 0.1) is 5.69 Å². The minimum absolute atomic E-state index is 0.0817. The summed E-state index contributed by atoms with van der Waals surface area (Å²) in [7, 11) is -4.01. The number of rotatable bonds is 8. The number of aromatic nitrogens is 1. The van der Waals surface area contributed by atoms with Gasteiger partial charge in [0.2, 0.25) is 11.0 Å². The number of nitrogens with one attached hydrogen (secondary N) is 1. The predicted octanol–water partition coefficient (Wildman–Crippen LogP) is 4.91. The quantitative estimate of drug-likeness (QED) is 0.329. The van der Waals surface area contributed by atoms with Crippen LogP contribution in [0.5, 0.6) is 5.75 Å². The largest absolute Gasteiger partial charge is 0.484 e. The standard InChI is InChI=1S/C27H24F3N3O5S/c28-27(29,30)17-37-21-9-7-19(8-10-21)22-14-18(11-12-31-22)16-32-26(34)23-5-3-13-33(23)39(35,36)25-15-20-4-1-2-6-24(20)38-25/h1-2,4,6-12,14-15,23H,3,5,13,16-17H2,(H,32,34)/t23-/m0/s1. The molecule has 204 valence electrons. The number of sulfonamides is 1. The molecule has 39 heavy (non-hydrogen) atoms. The molecule has 0 aliphatic carbocycles. The number of carbonyl (C=O) groups is 1. The second-order valence-corrected chi connectivity index (χ2v) is 10.9. The summed E-state index contributed by atoms with van der Waals surface area (Å²) in [6, 6.07) is 17.1. The van der Waals surface area contributed by atoms with E-state index in [2.05, 4.69) is 10.3 Å². The molecule has 4 aromatic rings. The fourth-order valence-corrected chi connectivity index (χ4v) is 6.03. The van der Waals surface area contributed by atoms with Crippen molar-refractivity contribution in [1.82, 2.24) is 14.6 Å². The van der Waals surface area contributed by atoms with Gasteiger partial charge in [-0.15, -0.1) is 0 Å². The van der Waals surface area contributed by atoms with Crippen LogP contribution in [0.3, 0.4) is 0 Å². The van der Waals surface area contributed by atoms with E-state index in [4.69, 9.17) is 9.15 Å². The highest BCUT2D eigenvalue weighted by Gasteiger charge is 2.41. The number of para-hydroxylation sites is 1. The molecule has 1 fully saturated rings. The molecule has 12 heteroatoms. The number of fused-ring (bicyclic) bond motifs is 1. The van der Waals surface area contributed by atoms with Crippen LogP contribution in [-0.2, 0) is 21.4 Å². The van der Waals surface area contributed by atoms with Crippen molar-refractivity contribution < 1.29 is 35.5 Å². The third kappa shape index (κ3) is 6.07. The Balaban J connectivity index is 1.24. The van der Waals surface area contributed by atoms with Gasteiger partial charge in [-0.2, -0.15) is 17.5 Å². The molecule has 0 bridgehead atoms. The van der Waals surface area contributed by atoms with Crippen molar-refractivity contribution in [1.29, 1.82) is 0 Å². The van der Waals surface area contributed by atoms with Gasteiger partial charge in [0.1, 0.15) is 17.4 Å². The van der Waals surface area contributed by atoms with E-state index in [0.29, 0.717) is 35.1 Å². The van der Waals surface area contributed by atoms with Crippen LogP contribution in [0.4, 0.5) is 13.2 Å². The van der Waals surface area contributed by atoms with Crippen molar-refractivity contribution >= 4 is 26.9 Å². The number of carbonyl (C=O) groups excluding carboxylic acids is 1. The lowest BCUT2D eigenvalue weighted by atomic mass is 10.1. The molecule has 1 saturated heterocycles. The van der Waals surface area contributed by atoms with E-state index in [-0.39, 0.29) is 23.9 Å². The molecule has 1 aliphatic rings. The summed E-state index contributed by atoms with van der Waals surface area (Å²) in [6.07, 6.45) is -1.94. The van der Waals surface area contributed by atoms with Gasteiger partial charge in [-0.25, -0.2) is 8.42 Å². The maximum Gasteiger partial charge on any atom is 0.422 e. The molecular formula is C27H24F3N3O5S. The maximum absolute atomic E-state index is 13.3. The second kappa shape index (κ2) is 10.7. The summed E-state index contributed by atoms with van der Waals surface area (Å²) in [5.41, 5.74) is 2.38. The molecule has 8 nitrogen and oxygen atoms in total. The third-order valence-corrected chi connectivity index (χ3v) is 8.08. The molecule has 1 atom stereocenters. The molecule has 0 spiro atoms. The SMILES string of the molecule is O=C(NCc1ccnc(-c2ccc(OCC(F)(F)F)cc2)c1)[C@@H]1CCCN1S(=O)(=O)c1cc2ccccc2o1. The number of nitrogens with zero attached hydrogens (tertiary/aromatic N) is 2. The van der Waals surface area contributed by atoms with Crippen LogP contribution in [0.25, 0.3) is 22.2 Å².